The normalized spacial score (nSPS) is 30.8. The molecular formula is C24H29N3O5. The molecule has 6 rings (SSSR count). The van der Waals surface area contributed by atoms with E-state index in [1.807, 2.05) is 12.1 Å². The van der Waals surface area contributed by atoms with E-state index in [4.69, 9.17) is 4.74 Å². The molecule has 1 aromatic carbocycles. The zero-order chi connectivity index (χ0) is 22.9. The third-order valence-corrected chi connectivity index (χ3v) is 7.95. The van der Waals surface area contributed by atoms with E-state index in [2.05, 4.69) is 31.4 Å². The number of ether oxygens (including phenoxy) is 1. The Labute approximate surface area is 187 Å². The summed E-state index contributed by atoms with van der Waals surface area (Å²) in [5.41, 5.74) is 2.55. The largest absolute Gasteiger partial charge is 0.445 e. The predicted molar refractivity (Wildman–Crippen MR) is 114 cm³/mol. The average Bonchev–Trinajstić information content (AvgIpc) is 2.97. The van der Waals surface area contributed by atoms with Gasteiger partial charge in [-0.15, -0.1) is 0 Å². The maximum atomic E-state index is 12.9. The van der Waals surface area contributed by atoms with Gasteiger partial charge < -0.3 is 15.0 Å². The molecular weight excluding hydrogens is 410 g/mol. The van der Waals surface area contributed by atoms with Crippen molar-refractivity contribution in [1.29, 1.82) is 0 Å². The quantitative estimate of drug-likeness (QED) is 0.702. The monoisotopic (exact) mass is 439 g/mol. The molecule has 2 aliphatic heterocycles. The maximum absolute atomic E-state index is 12.9. The molecule has 8 nitrogen and oxygen atoms in total. The topological polar surface area (TPSA) is 105 Å². The molecule has 1 atom stereocenters. The molecule has 4 amide bonds. The number of carbonyl (C=O) groups is 4. The van der Waals surface area contributed by atoms with E-state index in [-0.39, 0.29) is 35.8 Å². The van der Waals surface area contributed by atoms with Crippen LogP contribution in [0, 0.1) is 10.8 Å². The van der Waals surface area contributed by atoms with Crippen LogP contribution in [0.3, 0.4) is 0 Å². The van der Waals surface area contributed by atoms with Gasteiger partial charge >= 0.3 is 6.09 Å². The van der Waals surface area contributed by atoms with Gasteiger partial charge in [0.15, 0.2) is 0 Å². The minimum atomic E-state index is -0.637. The number of rotatable bonds is 4. The van der Waals surface area contributed by atoms with Crippen molar-refractivity contribution >= 4 is 23.8 Å². The second-order valence-corrected chi connectivity index (χ2v) is 10.9. The Hall–Kier alpha value is -2.90. The van der Waals surface area contributed by atoms with E-state index >= 15 is 0 Å². The number of nitrogens with zero attached hydrogens (tertiary/aromatic N) is 1. The summed E-state index contributed by atoms with van der Waals surface area (Å²) in [7, 11) is 0. The first-order valence-electron chi connectivity index (χ1n) is 11.2. The van der Waals surface area contributed by atoms with Gasteiger partial charge in [-0.1, -0.05) is 32.9 Å². The number of hydrogen-bond acceptors (Lipinski definition) is 5. The minimum Gasteiger partial charge on any atom is -0.445 e. The second-order valence-electron chi connectivity index (χ2n) is 10.9. The number of nitrogens with one attached hydrogen (secondary N) is 2. The van der Waals surface area contributed by atoms with E-state index in [1.165, 1.54) is 4.90 Å². The number of amides is 4. The van der Waals surface area contributed by atoms with Gasteiger partial charge in [0.05, 0.1) is 0 Å². The molecule has 0 aromatic heterocycles. The zero-order valence-corrected chi connectivity index (χ0v) is 18.7. The highest BCUT2D eigenvalue weighted by Gasteiger charge is 2.72. The van der Waals surface area contributed by atoms with Crippen LogP contribution in [0.1, 0.15) is 74.4 Å². The first-order chi connectivity index (χ1) is 15.0. The Kier molecular flexibility index (Phi) is 4.45. The average molecular weight is 440 g/mol. The van der Waals surface area contributed by atoms with E-state index in [9.17, 15) is 19.2 Å². The number of imide groups is 1. The van der Waals surface area contributed by atoms with Gasteiger partial charge in [0, 0.05) is 24.1 Å². The van der Waals surface area contributed by atoms with Crippen LogP contribution in [-0.4, -0.2) is 40.3 Å². The fourth-order valence-electron chi connectivity index (χ4n) is 5.81. The van der Waals surface area contributed by atoms with Gasteiger partial charge in [-0.25, -0.2) is 4.79 Å². The summed E-state index contributed by atoms with van der Waals surface area (Å²) in [5, 5.41) is 5.34. The molecule has 3 aliphatic carbocycles. The lowest BCUT2D eigenvalue weighted by Crippen LogP contribution is -2.77. The summed E-state index contributed by atoms with van der Waals surface area (Å²) in [6, 6.07) is 4.77. The van der Waals surface area contributed by atoms with Crippen LogP contribution in [0.15, 0.2) is 18.2 Å². The Morgan fingerprint density at radius 2 is 1.94 bits per heavy atom. The first kappa shape index (κ1) is 21.0. The van der Waals surface area contributed by atoms with Crippen LogP contribution in [0.25, 0.3) is 0 Å². The number of piperidine rings is 1. The van der Waals surface area contributed by atoms with E-state index in [0.29, 0.717) is 23.9 Å². The molecule has 2 N–H and O–H groups in total. The highest BCUT2D eigenvalue weighted by atomic mass is 16.5. The van der Waals surface area contributed by atoms with Crippen LogP contribution in [0.5, 0.6) is 0 Å². The third-order valence-electron chi connectivity index (χ3n) is 7.95. The first-order valence-corrected chi connectivity index (χ1v) is 11.2. The Bertz CT molecular complexity index is 1020. The molecule has 0 spiro atoms. The predicted octanol–water partition coefficient (Wildman–Crippen LogP) is 2.64. The van der Waals surface area contributed by atoms with Gasteiger partial charge in [-0.3, -0.25) is 19.7 Å². The van der Waals surface area contributed by atoms with Crippen LogP contribution in [0.2, 0.25) is 0 Å². The Balaban J connectivity index is 1.17. The summed E-state index contributed by atoms with van der Waals surface area (Å²) >= 11 is 0. The highest BCUT2D eigenvalue weighted by molar-refractivity contribution is 6.05. The molecule has 5 aliphatic rings. The van der Waals surface area contributed by atoms with Crippen molar-refractivity contribution in [2.75, 3.05) is 0 Å². The highest BCUT2D eigenvalue weighted by Crippen LogP contribution is 2.74. The molecule has 2 bridgehead atoms. The van der Waals surface area contributed by atoms with Crippen molar-refractivity contribution < 1.29 is 23.9 Å². The second kappa shape index (κ2) is 6.80. The van der Waals surface area contributed by atoms with Crippen molar-refractivity contribution in [2.45, 2.75) is 77.6 Å². The Morgan fingerprint density at radius 3 is 2.59 bits per heavy atom. The molecule has 1 unspecified atom stereocenters. The molecule has 0 radical (unpaired) electrons. The van der Waals surface area contributed by atoms with E-state index < -0.39 is 18.0 Å². The lowest BCUT2D eigenvalue weighted by Gasteiger charge is -2.75. The van der Waals surface area contributed by atoms with Crippen LogP contribution >= 0.6 is 0 Å². The van der Waals surface area contributed by atoms with E-state index in [1.54, 1.807) is 6.07 Å². The maximum Gasteiger partial charge on any atom is 0.407 e. The molecule has 32 heavy (non-hydrogen) atoms. The van der Waals surface area contributed by atoms with Gasteiger partial charge in [-0.05, 0) is 53.7 Å². The van der Waals surface area contributed by atoms with Crippen molar-refractivity contribution in [2.24, 2.45) is 10.8 Å². The summed E-state index contributed by atoms with van der Waals surface area (Å²) < 4.78 is 5.43. The summed E-state index contributed by atoms with van der Waals surface area (Å²) in [6.07, 6.45) is 3.14. The number of alkyl carbamates (subject to hydrolysis) is 1. The zero-order valence-electron chi connectivity index (χ0n) is 18.7. The summed E-state index contributed by atoms with van der Waals surface area (Å²) in [4.78, 5) is 50.3. The van der Waals surface area contributed by atoms with Crippen molar-refractivity contribution in [3.05, 3.63) is 34.9 Å². The van der Waals surface area contributed by atoms with Crippen molar-refractivity contribution in [3.63, 3.8) is 0 Å². The number of hydrogen-bond donors (Lipinski definition) is 2. The van der Waals surface area contributed by atoms with Crippen molar-refractivity contribution in [1.82, 2.24) is 15.5 Å². The van der Waals surface area contributed by atoms with Crippen LogP contribution in [0.4, 0.5) is 4.79 Å². The molecule has 8 heteroatoms. The lowest BCUT2D eigenvalue weighted by atomic mass is 9.33. The molecule has 2 heterocycles. The van der Waals surface area contributed by atoms with Crippen LogP contribution < -0.4 is 10.6 Å². The smallest absolute Gasteiger partial charge is 0.407 e. The molecule has 4 fully saturated rings. The molecule has 1 saturated heterocycles. The van der Waals surface area contributed by atoms with Gasteiger partial charge in [0.25, 0.3) is 5.91 Å². The fraction of sp³-hybridized carbons (Fsp3) is 0.583. The number of fused-ring (bicyclic) bond motifs is 1. The lowest BCUT2D eigenvalue weighted by molar-refractivity contribution is -0.213. The molecule has 3 saturated carbocycles. The fourth-order valence-corrected chi connectivity index (χ4v) is 5.81. The molecule has 1 aromatic rings. The summed E-state index contributed by atoms with van der Waals surface area (Å²) in [6.45, 7) is 7.17. The van der Waals surface area contributed by atoms with Gasteiger partial charge in [0.1, 0.15) is 12.6 Å². The van der Waals surface area contributed by atoms with Crippen LogP contribution in [-0.2, 0) is 27.5 Å². The Morgan fingerprint density at radius 1 is 1.22 bits per heavy atom. The van der Waals surface area contributed by atoms with Gasteiger partial charge in [-0.2, -0.15) is 0 Å². The van der Waals surface area contributed by atoms with Crippen molar-refractivity contribution in [3.8, 4) is 0 Å². The number of carbonyl (C=O) groups excluding carboxylic acids is 4. The minimum absolute atomic E-state index is 0.0747. The standard InChI is InChI=1S/C24H29N3O5/c1-22(2,3)23-11-24(12-23,13-23)26-21(31)32-10-14-4-5-15-9-27(20(30)16(15)8-14)17-6-7-18(28)25-19(17)29/h4-5,8,17H,6-7,9-13H2,1-3H3,(H,26,31)(H,25,28,29). The summed E-state index contributed by atoms with van der Waals surface area (Å²) in [5.74, 6) is -0.966. The van der Waals surface area contributed by atoms with E-state index in [0.717, 1.165) is 30.4 Å². The third kappa shape index (κ3) is 3.19. The SMILES string of the molecule is CC(C)(C)C12CC(NC(=O)OCc3ccc4c(c3)C(=O)N(C3CCC(=O)NC3=O)C4)(C1)C2. The number of benzene rings is 1. The molecule has 170 valence electrons. The van der Waals surface area contributed by atoms with Gasteiger partial charge in [0.2, 0.25) is 11.8 Å².